The Morgan fingerprint density at radius 1 is 0.566 bits per heavy atom. The van der Waals surface area contributed by atoms with Crippen molar-refractivity contribution in [2.75, 3.05) is 26.4 Å². The van der Waals surface area contributed by atoms with Crippen molar-refractivity contribution in [3.05, 3.63) is 23.3 Å². The highest BCUT2D eigenvalue weighted by Gasteiger charge is 2.69. The monoisotopic (exact) mass is 1090 g/mol. The Labute approximate surface area is 444 Å². The maximum atomic E-state index is 12.7. The third kappa shape index (κ3) is 9.63. The number of aliphatic hydroxyl groups excluding tert-OH is 14. The Morgan fingerprint density at radius 3 is 1.74 bits per heavy atom. The standard InChI is InChI=1S/C54H88O22/c1-23-33(58)36(61)42(67)47(71-23)76-44-28(21-69-45-40(65)37(62)34(59)26(19-55)72-45)74-48(43(68)39(44)64)75-32-12-13-51(6)29(50(32,4)5)11-14-52(7)30(51)10-9-24-25-17-49(2,3)15-16-54(25,31(57)18-53(24,52)8)22-70-46-41(66)38(63)35(60)27(20-56)73-46/h9-10,23,26-48,55-68H,11-22H2,1-8H3/t23-,26+,27+,28+,29-,30+,31+,32-,33-,34+,35+,36+,37-,38-,39+,40+,41+,42+,43+,44+,45+,46+,47-,48-,51-,52+,53+,54+/m0/s1. The van der Waals surface area contributed by atoms with Crippen LogP contribution in [0.3, 0.4) is 0 Å². The molecule has 14 N–H and O–H groups in total. The number of ether oxygens (including phenoxy) is 8. The van der Waals surface area contributed by atoms with Gasteiger partial charge in [0.2, 0.25) is 0 Å². The molecule has 5 aliphatic carbocycles. The third-order valence-electron chi connectivity index (χ3n) is 20.9. The molecule has 4 saturated heterocycles. The molecule has 0 aromatic heterocycles. The molecule has 0 radical (unpaired) electrons. The van der Waals surface area contributed by atoms with Crippen LogP contribution in [0.15, 0.2) is 23.3 Å². The summed E-state index contributed by atoms with van der Waals surface area (Å²) in [5.41, 5.74) is -0.293. The van der Waals surface area contributed by atoms with E-state index in [0.717, 1.165) is 24.8 Å². The zero-order valence-corrected chi connectivity index (χ0v) is 45.0. The molecule has 0 aromatic rings. The molecule has 4 heterocycles. The average molecular weight is 1090 g/mol. The van der Waals surface area contributed by atoms with Gasteiger partial charge in [-0.3, -0.25) is 0 Å². The van der Waals surface area contributed by atoms with Crippen molar-refractivity contribution in [3.8, 4) is 0 Å². The molecule has 3 saturated carbocycles. The molecule has 9 rings (SSSR count). The summed E-state index contributed by atoms with van der Waals surface area (Å²) in [4.78, 5) is 0. The van der Waals surface area contributed by atoms with E-state index in [9.17, 15) is 71.5 Å². The lowest BCUT2D eigenvalue weighted by Gasteiger charge is -2.70. The van der Waals surface area contributed by atoms with Crippen molar-refractivity contribution in [1.82, 2.24) is 0 Å². The molecular formula is C54H88O22. The Morgan fingerprint density at radius 2 is 1.12 bits per heavy atom. The van der Waals surface area contributed by atoms with Gasteiger partial charge in [0.25, 0.3) is 0 Å². The molecule has 9 aliphatic rings. The predicted octanol–water partition coefficient (Wildman–Crippen LogP) is -1.64. The Hall–Kier alpha value is -1.40. The molecule has 28 atom stereocenters. The zero-order chi connectivity index (χ0) is 55.6. The van der Waals surface area contributed by atoms with Gasteiger partial charge in [-0.05, 0) is 97.4 Å². The van der Waals surface area contributed by atoms with Crippen molar-refractivity contribution >= 4 is 0 Å². The molecule has 0 amide bonds. The second-order valence-corrected chi connectivity index (χ2v) is 26.1. The highest BCUT2D eigenvalue weighted by Crippen LogP contribution is 2.74. The summed E-state index contributed by atoms with van der Waals surface area (Å²) in [6.07, 6.45) is -22.2. The van der Waals surface area contributed by atoms with Gasteiger partial charge < -0.3 is 109 Å². The van der Waals surface area contributed by atoms with Crippen LogP contribution in [-0.4, -0.2) is 233 Å². The summed E-state index contributed by atoms with van der Waals surface area (Å²) in [5, 5.41) is 151. The smallest absolute Gasteiger partial charge is 0.187 e. The Kier molecular flexibility index (Phi) is 16.7. The highest BCUT2D eigenvalue weighted by atomic mass is 16.8. The van der Waals surface area contributed by atoms with Crippen LogP contribution in [-0.2, 0) is 37.9 Å². The lowest BCUT2D eigenvalue weighted by atomic mass is 9.35. The molecule has 0 spiro atoms. The zero-order valence-electron chi connectivity index (χ0n) is 45.0. The van der Waals surface area contributed by atoms with Crippen LogP contribution in [0.5, 0.6) is 0 Å². The van der Waals surface area contributed by atoms with Crippen molar-refractivity contribution in [3.63, 3.8) is 0 Å². The van der Waals surface area contributed by atoms with E-state index in [-0.39, 0.29) is 34.7 Å². The van der Waals surface area contributed by atoms with E-state index in [1.54, 1.807) is 0 Å². The number of rotatable bonds is 12. The second-order valence-electron chi connectivity index (χ2n) is 26.1. The molecule has 76 heavy (non-hydrogen) atoms. The quantitative estimate of drug-likeness (QED) is 0.0975. The van der Waals surface area contributed by atoms with E-state index in [1.807, 2.05) is 0 Å². The van der Waals surface area contributed by atoms with Gasteiger partial charge >= 0.3 is 0 Å². The van der Waals surface area contributed by atoms with Crippen LogP contribution in [0.4, 0.5) is 0 Å². The normalized spacial score (nSPS) is 54.0. The van der Waals surface area contributed by atoms with Gasteiger partial charge in [0.15, 0.2) is 25.2 Å². The van der Waals surface area contributed by atoms with Crippen LogP contribution < -0.4 is 0 Å². The number of aliphatic hydroxyl groups is 14. The van der Waals surface area contributed by atoms with E-state index in [1.165, 1.54) is 12.5 Å². The van der Waals surface area contributed by atoms with Gasteiger partial charge in [0, 0.05) is 10.8 Å². The lowest BCUT2D eigenvalue weighted by Crippen LogP contribution is -2.66. The van der Waals surface area contributed by atoms with Crippen molar-refractivity contribution in [2.24, 2.45) is 44.3 Å². The number of hydrogen-bond acceptors (Lipinski definition) is 22. The fraction of sp³-hybridized carbons (Fsp3) is 0.926. The topological polar surface area (TPSA) is 357 Å². The predicted molar refractivity (Wildman–Crippen MR) is 263 cm³/mol. The molecule has 22 nitrogen and oxygen atoms in total. The highest BCUT2D eigenvalue weighted by molar-refractivity contribution is 5.47. The minimum atomic E-state index is -1.79. The van der Waals surface area contributed by atoms with E-state index in [2.05, 4.69) is 60.6 Å². The van der Waals surface area contributed by atoms with Gasteiger partial charge in [-0.15, -0.1) is 0 Å². The fourth-order valence-corrected chi connectivity index (χ4v) is 15.8. The molecule has 0 aromatic carbocycles. The maximum absolute atomic E-state index is 12.7. The van der Waals surface area contributed by atoms with E-state index in [4.69, 9.17) is 37.9 Å². The van der Waals surface area contributed by atoms with Crippen molar-refractivity contribution < 1.29 is 109 Å². The van der Waals surface area contributed by atoms with Crippen LogP contribution >= 0.6 is 0 Å². The minimum absolute atomic E-state index is 0.00613. The largest absolute Gasteiger partial charge is 0.394 e. The SMILES string of the molecule is C[C@@H]1O[C@@H](O[C@H]2[C@H](O)[C@@H](O)[C@H](O[C@H]3CC[C@]4(C)[C@H]5C=CC6=C7CC(C)(C)CC[C@]7(CO[C@@H]7O[C@H](CO)[C@@H](O)[C@H](O)[C@H]7O)[C@H](O)C[C@@]6(C)[C@]5(C)CC[C@H]4C3(C)C)O[C@@H]2CO[C@@H]2O[C@H](CO)[C@@H](O)[C@H](O)[C@H]2O)[C@H](O)[C@H](O)[C@H]1O. The van der Waals surface area contributed by atoms with Gasteiger partial charge in [0.05, 0.1) is 44.7 Å². The lowest BCUT2D eigenvalue weighted by molar-refractivity contribution is -0.373. The summed E-state index contributed by atoms with van der Waals surface area (Å²) in [5.74, 6) is 0.114. The van der Waals surface area contributed by atoms with Crippen molar-refractivity contribution in [2.45, 2.75) is 242 Å². The summed E-state index contributed by atoms with van der Waals surface area (Å²) >= 11 is 0. The molecule has 0 unspecified atom stereocenters. The number of hydrogen-bond donors (Lipinski definition) is 14. The summed E-state index contributed by atoms with van der Waals surface area (Å²) < 4.78 is 48.4. The van der Waals surface area contributed by atoms with Crippen LogP contribution in [0.2, 0.25) is 0 Å². The summed E-state index contributed by atoms with van der Waals surface area (Å²) in [6.45, 7) is 15.3. The van der Waals surface area contributed by atoms with Crippen LogP contribution in [0.1, 0.15) is 107 Å². The van der Waals surface area contributed by atoms with Crippen LogP contribution in [0, 0.1) is 44.3 Å². The molecule has 0 bridgehead atoms. The molecule has 4 aliphatic heterocycles. The minimum Gasteiger partial charge on any atom is -0.394 e. The Bertz CT molecular complexity index is 2110. The number of fused-ring (bicyclic) bond motifs is 6. The fourth-order valence-electron chi connectivity index (χ4n) is 15.8. The Balaban J connectivity index is 0.961. The first-order valence-corrected chi connectivity index (χ1v) is 27.5. The summed E-state index contributed by atoms with van der Waals surface area (Å²) in [7, 11) is 0. The second kappa shape index (κ2) is 21.4. The van der Waals surface area contributed by atoms with Crippen molar-refractivity contribution in [1.29, 1.82) is 0 Å². The van der Waals surface area contributed by atoms with E-state index in [0.29, 0.717) is 32.1 Å². The maximum Gasteiger partial charge on any atom is 0.187 e. The first-order valence-electron chi connectivity index (χ1n) is 27.5. The van der Waals surface area contributed by atoms with E-state index < -0.39 is 171 Å². The van der Waals surface area contributed by atoms with Gasteiger partial charge in [0.1, 0.15) is 91.6 Å². The van der Waals surface area contributed by atoms with Gasteiger partial charge in [-0.25, -0.2) is 0 Å². The first kappa shape index (κ1) is 59.2. The molecule has 436 valence electrons. The number of allylic oxidation sites excluding steroid dienone is 3. The third-order valence-corrected chi connectivity index (χ3v) is 20.9. The first-order chi connectivity index (χ1) is 35.5. The van der Waals surface area contributed by atoms with Crippen LogP contribution in [0.25, 0.3) is 0 Å². The average Bonchev–Trinajstić information content (AvgIpc) is 3.36. The molecule has 22 heteroatoms. The molecule has 7 fully saturated rings. The molecular weight excluding hydrogens is 1000 g/mol. The summed E-state index contributed by atoms with van der Waals surface area (Å²) in [6, 6.07) is 0. The van der Waals surface area contributed by atoms with Gasteiger partial charge in [-0.2, -0.15) is 0 Å². The van der Waals surface area contributed by atoms with Gasteiger partial charge in [-0.1, -0.05) is 66.2 Å². The van der Waals surface area contributed by atoms with E-state index >= 15 is 0 Å².